The predicted molar refractivity (Wildman–Crippen MR) is 150 cm³/mol. The number of aryl methyl sites for hydroxylation is 1. The van der Waals surface area contributed by atoms with E-state index in [0.29, 0.717) is 30.1 Å². The van der Waals surface area contributed by atoms with Crippen molar-refractivity contribution in [3.8, 4) is 34.5 Å². The Morgan fingerprint density at radius 3 is 1.79 bits per heavy atom. The number of methoxy groups -OCH3 is 3. The van der Waals surface area contributed by atoms with Crippen LogP contribution in [0.3, 0.4) is 0 Å². The van der Waals surface area contributed by atoms with Crippen LogP contribution in [-0.4, -0.2) is 36.6 Å². The smallest absolute Gasteiger partial charge is 0.126 e. The van der Waals surface area contributed by atoms with E-state index in [1.807, 2.05) is 60.7 Å². The predicted octanol–water partition coefficient (Wildman–Crippen LogP) is 6.76. The maximum atomic E-state index is 10.5. The summed E-state index contributed by atoms with van der Waals surface area (Å²) >= 11 is 0. The Balaban J connectivity index is 1.73. The van der Waals surface area contributed by atoms with Gasteiger partial charge in [-0.25, -0.2) is 0 Å². The molecule has 0 heterocycles. The highest BCUT2D eigenvalue weighted by Gasteiger charge is 2.24. The first-order valence-corrected chi connectivity index (χ1v) is 12.3. The third-order valence-electron chi connectivity index (χ3n) is 6.57. The number of ether oxygens (including phenoxy) is 3. The Hall–Kier alpha value is -4.58. The molecule has 4 aromatic carbocycles. The number of phenolic OH excluding ortho intramolecular Hbond substituents is 3. The Bertz CT molecular complexity index is 1370. The van der Waals surface area contributed by atoms with Gasteiger partial charge in [0.25, 0.3) is 0 Å². The van der Waals surface area contributed by atoms with Crippen molar-refractivity contribution in [2.45, 2.75) is 18.8 Å². The third-order valence-corrected chi connectivity index (χ3v) is 6.57. The first kappa shape index (κ1) is 26.5. The second-order valence-electron chi connectivity index (χ2n) is 8.94. The summed E-state index contributed by atoms with van der Waals surface area (Å²) in [6.07, 6.45) is 5.17. The van der Waals surface area contributed by atoms with Gasteiger partial charge in [-0.1, -0.05) is 42.5 Å². The number of rotatable bonds is 10. The third kappa shape index (κ3) is 6.21. The molecule has 0 aliphatic carbocycles. The van der Waals surface area contributed by atoms with Gasteiger partial charge < -0.3 is 29.5 Å². The zero-order valence-corrected chi connectivity index (χ0v) is 21.7. The zero-order chi connectivity index (χ0) is 27.1. The number of hydrogen-bond acceptors (Lipinski definition) is 6. The van der Waals surface area contributed by atoms with E-state index in [1.54, 1.807) is 51.7 Å². The van der Waals surface area contributed by atoms with Crippen molar-refractivity contribution in [1.82, 2.24) is 0 Å². The maximum absolute atomic E-state index is 10.5. The van der Waals surface area contributed by atoms with E-state index in [-0.39, 0.29) is 23.2 Å². The summed E-state index contributed by atoms with van der Waals surface area (Å²) in [5.74, 6) is 2.39. The highest BCUT2D eigenvalue weighted by atomic mass is 16.5. The summed E-state index contributed by atoms with van der Waals surface area (Å²) in [6.45, 7) is 0. The fraction of sp³-hybridized carbons (Fsp3) is 0.188. The summed E-state index contributed by atoms with van der Waals surface area (Å²) in [6, 6.07) is 23.3. The topological polar surface area (TPSA) is 88.4 Å². The summed E-state index contributed by atoms with van der Waals surface area (Å²) in [5, 5.41) is 30.0. The van der Waals surface area contributed by atoms with Gasteiger partial charge in [0.1, 0.15) is 34.5 Å². The van der Waals surface area contributed by atoms with Crippen LogP contribution in [0.1, 0.15) is 40.2 Å². The molecule has 0 aliphatic heterocycles. The van der Waals surface area contributed by atoms with E-state index in [0.717, 1.165) is 27.8 Å². The molecule has 0 amide bonds. The van der Waals surface area contributed by atoms with Crippen LogP contribution < -0.4 is 14.2 Å². The molecule has 4 rings (SSSR count). The van der Waals surface area contributed by atoms with Gasteiger partial charge in [-0.05, 0) is 77.6 Å². The number of hydrogen-bond donors (Lipinski definition) is 3. The lowest BCUT2D eigenvalue weighted by Crippen LogP contribution is -2.08. The zero-order valence-electron chi connectivity index (χ0n) is 21.7. The summed E-state index contributed by atoms with van der Waals surface area (Å²) < 4.78 is 16.9. The molecule has 0 saturated heterocycles. The van der Waals surface area contributed by atoms with Gasteiger partial charge in [-0.15, -0.1) is 0 Å². The van der Waals surface area contributed by atoms with Crippen molar-refractivity contribution in [1.29, 1.82) is 0 Å². The fourth-order valence-corrected chi connectivity index (χ4v) is 4.54. The summed E-state index contributed by atoms with van der Waals surface area (Å²) in [7, 11) is 4.83. The summed E-state index contributed by atoms with van der Waals surface area (Å²) in [4.78, 5) is 0. The molecule has 0 radical (unpaired) electrons. The maximum Gasteiger partial charge on any atom is 0.126 e. The van der Waals surface area contributed by atoms with Gasteiger partial charge in [-0.3, -0.25) is 0 Å². The van der Waals surface area contributed by atoms with E-state index < -0.39 is 0 Å². The molecule has 196 valence electrons. The molecule has 0 fully saturated rings. The Labute approximate surface area is 223 Å². The fourth-order valence-electron chi connectivity index (χ4n) is 4.54. The van der Waals surface area contributed by atoms with Crippen molar-refractivity contribution in [2.75, 3.05) is 21.3 Å². The number of benzene rings is 4. The van der Waals surface area contributed by atoms with Crippen LogP contribution in [0.5, 0.6) is 34.5 Å². The van der Waals surface area contributed by atoms with Gasteiger partial charge in [0, 0.05) is 17.5 Å². The average Bonchev–Trinajstić information content (AvgIpc) is 2.94. The lowest BCUT2D eigenvalue weighted by atomic mass is 9.84. The normalized spacial score (nSPS) is 11.9. The monoisotopic (exact) mass is 512 g/mol. The van der Waals surface area contributed by atoms with Gasteiger partial charge in [0.15, 0.2) is 0 Å². The van der Waals surface area contributed by atoms with Crippen LogP contribution in [0.15, 0.2) is 78.9 Å². The van der Waals surface area contributed by atoms with Gasteiger partial charge >= 0.3 is 0 Å². The summed E-state index contributed by atoms with van der Waals surface area (Å²) in [5.41, 5.74) is 4.52. The van der Waals surface area contributed by atoms with E-state index in [4.69, 9.17) is 14.2 Å². The molecule has 0 aromatic heterocycles. The molecule has 0 bridgehead atoms. The van der Waals surface area contributed by atoms with Gasteiger partial charge in [-0.2, -0.15) is 0 Å². The van der Waals surface area contributed by atoms with E-state index in [9.17, 15) is 15.3 Å². The van der Waals surface area contributed by atoms with Crippen molar-refractivity contribution < 1.29 is 29.5 Å². The Morgan fingerprint density at radius 2 is 1.24 bits per heavy atom. The standard InChI is InChI=1S/C32H32O6/c1-36-27-16-10-24(29(35)20-27)11-17-28(23-8-14-26(34)15-9-23)32-30(37-2)18-22(19-31(32)38-3)5-4-21-6-12-25(33)13-7-21/h4-10,12-16,18-20,28,33-35H,11,17H2,1-3H3. The lowest BCUT2D eigenvalue weighted by molar-refractivity contribution is 0.380. The molecular formula is C32H32O6. The minimum atomic E-state index is -0.142. The molecule has 0 aliphatic rings. The first-order chi connectivity index (χ1) is 18.4. The molecule has 6 heteroatoms. The molecule has 1 unspecified atom stereocenters. The van der Waals surface area contributed by atoms with E-state index in [2.05, 4.69) is 0 Å². The molecule has 4 aromatic rings. The Kier molecular flexibility index (Phi) is 8.44. The van der Waals surface area contributed by atoms with Crippen molar-refractivity contribution >= 4 is 12.2 Å². The molecule has 6 nitrogen and oxygen atoms in total. The average molecular weight is 513 g/mol. The second kappa shape index (κ2) is 12.1. The minimum Gasteiger partial charge on any atom is -0.508 e. The van der Waals surface area contributed by atoms with Crippen molar-refractivity contribution in [3.05, 3.63) is 107 Å². The van der Waals surface area contributed by atoms with Crippen LogP contribution in [-0.2, 0) is 6.42 Å². The highest BCUT2D eigenvalue weighted by Crippen LogP contribution is 2.43. The first-order valence-electron chi connectivity index (χ1n) is 12.3. The quantitative estimate of drug-likeness (QED) is 0.203. The molecule has 0 spiro atoms. The van der Waals surface area contributed by atoms with Crippen molar-refractivity contribution in [3.63, 3.8) is 0 Å². The van der Waals surface area contributed by atoms with Crippen LogP contribution in [0.2, 0.25) is 0 Å². The molecule has 0 saturated carbocycles. The van der Waals surface area contributed by atoms with E-state index in [1.165, 1.54) is 0 Å². The van der Waals surface area contributed by atoms with Crippen LogP contribution >= 0.6 is 0 Å². The molecule has 38 heavy (non-hydrogen) atoms. The molecule has 3 N–H and O–H groups in total. The number of phenols is 3. The van der Waals surface area contributed by atoms with Crippen molar-refractivity contribution in [2.24, 2.45) is 0 Å². The molecular weight excluding hydrogens is 480 g/mol. The molecule has 1 atom stereocenters. The van der Waals surface area contributed by atoms with E-state index >= 15 is 0 Å². The Morgan fingerprint density at radius 1 is 0.658 bits per heavy atom. The van der Waals surface area contributed by atoms with Crippen LogP contribution in [0.4, 0.5) is 0 Å². The number of aromatic hydroxyl groups is 3. The lowest BCUT2D eigenvalue weighted by Gasteiger charge is -2.24. The van der Waals surface area contributed by atoms with Gasteiger partial charge in [0.05, 0.1) is 21.3 Å². The largest absolute Gasteiger partial charge is 0.508 e. The second-order valence-corrected chi connectivity index (χ2v) is 8.94. The minimum absolute atomic E-state index is 0.142. The van der Waals surface area contributed by atoms with Gasteiger partial charge in [0.2, 0.25) is 0 Å². The highest BCUT2D eigenvalue weighted by molar-refractivity contribution is 5.72. The van der Waals surface area contributed by atoms with Crippen LogP contribution in [0, 0.1) is 0 Å². The van der Waals surface area contributed by atoms with Crippen LogP contribution in [0.25, 0.3) is 12.2 Å². The SMILES string of the molecule is COc1ccc(CCC(c2ccc(O)cc2)c2c(OC)cc(C=Cc3ccc(O)cc3)cc2OC)c(O)c1.